The summed E-state index contributed by atoms with van der Waals surface area (Å²) in [6.07, 6.45) is 3.52. The number of thioether (sulfide) groups is 1. The van der Waals surface area contributed by atoms with E-state index in [1.54, 1.807) is 6.08 Å². The molecule has 0 atom stereocenters. The standard InChI is InChI=1S/C21H18Br2N2O2S/c1-4-5-27-19-16(22)9-14(10-17(19)23)11-18-20(26)25-21(28-18)24-15-7-12(2)6-13(3)8-15/h4,6-11H,1,5H2,2-3H3,(H,24,25,26). The normalized spacial score (nSPS) is 16.5. The number of amides is 1. The molecule has 1 fully saturated rings. The number of ether oxygens (including phenoxy) is 1. The number of aliphatic imine (C=N–C) groups is 1. The fourth-order valence-corrected chi connectivity index (χ4v) is 5.00. The number of nitrogens with one attached hydrogen (secondary N) is 1. The van der Waals surface area contributed by atoms with Gasteiger partial charge in [0.1, 0.15) is 12.4 Å². The number of carbonyl (C=O) groups is 1. The van der Waals surface area contributed by atoms with Crippen molar-refractivity contribution in [2.75, 3.05) is 6.61 Å². The Morgan fingerprint density at radius 1 is 1.14 bits per heavy atom. The largest absolute Gasteiger partial charge is 0.487 e. The Hall–Kier alpha value is -1.83. The van der Waals surface area contributed by atoms with E-state index in [9.17, 15) is 4.79 Å². The van der Waals surface area contributed by atoms with Gasteiger partial charge in [-0.3, -0.25) is 4.79 Å². The third-order valence-corrected chi connectivity index (χ3v) is 5.84. The first-order valence-electron chi connectivity index (χ1n) is 8.46. The summed E-state index contributed by atoms with van der Waals surface area (Å²) in [5.74, 6) is 0.537. The van der Waals surface area contributed by atoms with E-state index in [0.29, 0.717) is 22.4 Å². The summed E-state index contributed by atoms with van der Waals surface area (Å²) in [5.41, 5.74) is 3.97. The van der Waals surface area contributed by atoms with Gasteiger partial charge in [-0.15, -0.1) is 0 Å². The van der Waals surface area contributed by atoms with Crippen molar-refractivity contribution in [1.29, 1.82) is 0 Å². The van der Waals surface area contributed by atoms with Crippen LogP contribution >= 0.6 is 43.6 Å². The summed E-state index contributed by atoms with van der Waals surface area (Å²) in [6.45, 7) is 8.12. The molecular weight excluding hydrogens is 504 g/mol. The number of halogens is 2. The lowest BCUT2D eigenvalue weighted by molar-refractivity contribution is -0.115. The molecule has 1 aliphatic heterocycles. The highest BCUT2D eigenvalue weighted by Gasteiger charge is 2.24. The molecule has 0 radical (unpaired) electrons. The molecule has 1 aliphatic rings. The maximum Gasteiger partial charge on any atom is 0.264 e. The van der Waals surface area contributed by atoms with Crippen LogP contribution in [-0.4, -0.2) is 17.7 Å². The average molecular weight is 522 g/mol. The molecule has 0 aromatic heterocycles. The lowest BCUT2D eigenvalue weighted by Gasteiger charge is -2.09. The second-order valence-electron chi connectivity index (χ2n) is 6.24. The van der Waals surface area contributed by atoms with E-state index >= 15 is 0 Å². The highest BCUT2D eigenvalue weighted by Crippen LogP contribution is 2.36. The van der Waals surface area contributed by atoms with Gasteiger partial charge in [-0.05, 0) is 105 Å². The number of aryl methyl sites for hydroxylation is 2. The summed E-state index contributed by atoms with van der Waals surface area (Å²) in [4.78, 5) is 17.5. The number of carbonyl (C=O) groups excluding carboxylic acids is 1. The number of hydrogen-bond donors (Lipinski definition) is 1. The molecule has 1 amide bonds. The number of nitrogens with zero attached hydrogens (tertiary/aromatic N) is 1. The van der Waals surface area contributed by atoms with Gasteiger partial charge in [-0.25, -0.2) is 4.99 Å². The molecule has 3 rings (SSSR count). The van der Waals surface area contributed by atoms with E-state index in [-0.39, 0.29) is 5.91 Å². The van der Waals surface area contributed by atoms with Gasteiger partial charge in [-0.1, -0.05) is 18.7 Å². The van der Waals surface area contributed by atoms with Crippen molar-refractivity contribution >= 4 is 66.5 Å². The minimum atomic E-state index is -0.160. The molecule has 0 saturated carbocycles. The Morgan fingerprint density at radius 2 is 1.79 bits per heavy atom. The average Bonchev–Trinajstić information content (AvgIpc) is 2.92. The van der Waals surface area contributed by atoms with Gasteiger partial charge in [-0.2, -0.15) is 0 Å². The van der Waals surface area contributed by atoms with Gasteiger partial charge < -0.3 is 10.1 Å². The molecule has 4 nitrogen and oxygen atoms in total. The predicted octanol–water partition coefficient (Wildman–Crippen LogP) is 6.28. The van der Waals surface area contributed by atoms with Crippen LogP contribution in [0.4, 0.5) is 5.69 Å². The maximum absolute atomic E-state index is 12.4. The van der Waals surface area contributed by atoms with Crippen LogP contribution in [0.3, 0.4) is 0 Å². The van der Waals surface area contributed by atoms with E-state index in [1.807, 2.05) is 44.2 Å². The van der Waals surface area contributed by atoms with Crippen LogP contribution in [0.15, 0.2) is 61.8 Å². The van der Waals surface area contributed by atoms with E-state index in [4.69, 9.17) is 4.74 Å². The van der Waals surface area contributed by atoms with Crippen LogP contribution in [0, 0.1) is 13.8 Å². The molecule has 0 aliphatic carbocycles. The molecule has 2 aromatic rings. The summed E-state index contributed by atoms with van der Waals surface area (Å²) in [5, 5.41) is 3.40. The third kappa shape index (κ3) is 5.16. The van der Waals surface area contributed by atoms with Gasteiger partial charge in [0.2, 0.25) is 0 Å². The van der Waals surface area contributed by atoms with Gasteiger partial charge in [0.25, 0.3) is 5.91 Å². The van der Waals surface area contributed by atoms with Crippen molar-refractivity contribution in [1.82, 2.24) is 5.32 Å². The lowest BCUT2D eigenvalue weighted by Crippen LogP contribution is -2.19. The molecule has 0 unspecified atom stereocenters. The number of rotatable bonds is 5. The molecular formula is C21H18Br2N2O2S. The van der Waals surface area contributed by atoms with Crippen molar-refractivity contribution in [2.24, 2.45) is 4.99 Å². The topological polar surface area (TPSA) is 50.7 Å². The number of benzene rings is 2. The molecule has 0 spiro atoms. The first kappa shape index (κ1) is 20.9. The van der Waals surface area contributed by atoms with E-state index < -0.39 is 0 Å². The molecule has 1 N–H and O–H groups in total. The van der Waals surface area contributed by atoms with Crippen LogP contribution in [-0.2, 0) is 4.79 Å². The monoisotopic (exact) mass is 520 g/mol. The molecule has 7 heteroatoms. The Bertz CT molecular complexity index is 972. The van der Waals surface area contributed by atoms with Crippen LogP contribution in [0.5, 0.6) is 5.75 Å². The highest BCUT2D eigenvalue weighted by molar-refractivity contribution is 9.11. The van der Waals surface area contributed by atoms with E-state index in [2.05, 4.69) is 54.8 Å². The van der Waals surface area contributed by atoms with Crippen LogP contribution in [0.2, 0.25) is 0 Å². The lowest BCUT2D eigenvalue weighted by atomic mass is 10.1. The highest BCUT2D eigenvalue weighted by atomic mass is 79.9. The molecule has 0 bridgehead atoms. The minimum absolute atomic E-state index is 0.160. The van der Waals surface area contributed by atoms with Gasteiger partial charge in [0.05, 0.1) is 19.5 Å². The van der Waals surface area contributed by atoms with E-state index in [1.165, 1.54) is 11.8 Å². The third-order valence-electron chi connectivity index (χ3n) is 3.75. The molecule has 2 aromatic carbocycles. The molecule has 1 saturated heterocycles. The van der Waals surface area contributed by atoms with Crippen molar-refractivity contribution in [3.8, 4) is 5.75 Å². The van der Waals surface area contributed by atoms with Gasteiger partial charge >= 0.3 is 0 Å². The van der Waals surface area contributed by atoms with Gasteiger partial charge in [0, 0.05) is 0 Å². The smallest absolute Gasteiger partial charge is 0.264 e. The van der Waals surface area contributed by atoms with Crippen LogP contribution < -0.4 is 10.1 Å². The summed E-state index contributed by atoms with van der Waals surface area (Å²) >= 11 is 8.35. The Kier molecular flexibility index (Phi) is 6.80. The van der Waals surface area contributed by atoms with Crippen molar-refractivity contribution in [3.05, 3.63) is 73.5 Å². The second-order valence-corrected chi connectivity index (χ2v) is 8.98. The number of amidine groups is 1. The Morgan fingerprint density at radius 3 is 2.39 bits per heavy atom. The first-order valence-corrected chi connectivity index (χ1v) is 10.9. The second kappa shape index (κ2) is 9.11. The number of hydrogen-bond acceptors (Lipinski definition) is 4. The predicted molar refractivity (Wildman–Crippen MR) is 124 cm³/mol. The van der Waals surface area contributed by atoms with E-state index in [0.717, 1.165) is 31.3 Å². The molecule has 1 heterocycles. The van der Waals surface area contributed by atoms with Crippen molar-refractivity contribution in [3.63, 3.8) is 0 Å². The van der Waals surface area contributed by atoms with Crippen LogP contribution in [0.1, 0.15) is 16.7 Å². The fraction of sp³-hybridized carbons (Fsp3) is 0.143. The van der Waals surface area contributed by atoms with Crippen molar-refractivity contribution < 1.29 is 9.53 Å². The molecule has 144 valence electrons. The SMILES string of the molecule is C=CCOc1c(Br)cc(C=C2SC(=Nc3cc(C)cc(C)c3)NC2=O)cc1Br. The summed E-state index contributed by atoms with van der Waals surface area (Å²) < 4.78 is 7.22. The zero-order valence-corrected chi connectivity index (χ0v) is 19.4. The zero-order chi connectivity index (χ0) is 20.3. The Balaban J connectivity index is 1.84. The maximum atomic E-state index is 12.4. The quantitative estimate of drug-likeness (QED) is 0.372. The Labute approximate surface area is 185 Å². The summed E-state index contributed by atoms with van der Waals surface area (Å²) in [6, 6.07) is 9.88. The molecule has 28 heavy (non-hydrogen) atoms. The zero-order valence-electron chi connectivity index (χ0n) is 15.4. The minimum Gasteiger partial charge on any atom is -0.487 e. The van der Waals surface area contributed by atoms with Gasteiger partial charge in [0.15, 0.2) is 5.17 Å². The summed E-state index contributed by atoms with van der Waals surface area (Å²) in [7, 11) is 0. The van der Waals surface area contributed by atoms with Crippen molar-refractivity contribution in [2.45, 2.75) is 13.8 Å². The fourth-order valence-electron chi connectivity index (χ4n) is 2.71. The van der Waals surface area contributed by atoms with Crippen LogP contribution in [0.25, 0.3) is 6.08 Å². The first-order chi connectivity index (χ1) is 13.4.